The van der Waals surface area contributed by atoms with Crippen molar-refractivity contribution < 1.29 is 27.4 Å². The van der Waals surface area contributed by atoms with Crippen LogP contribution >= 0.6 is 0 Å². The summed E-state index contributed by atoms with van der Waals surface area (Å²) in [7, 11) is 0. The van der Waals surface area contributed by atoms with Crippen LogP contribution in [0, 0.1) is 10.1 Å². The van der Waals surface area contributed by atoms with Gasteiger partial charge in [-0.3, -0.25) is 14.9 Å². The van der Waals surface area contributed by atoms with E-state index in [-0.39, 0.29) is 34.1 Å². The molecule has 202 valence electrons. The molecule has 13 heteroatoms. The highest BCUT2D eigenvalue weighted by Crippen LogP contribution is 2.37. The summed E-state index contributed by atoms with van der Waals surface area (Å²) in [4.78, 5) is 36.2. The second kappa shape index (κ2) is 10.3. The third-order valence-corrected chi connectivity index (χ3v) is 6.47. The van der Waals surface area contributed by atoms with E-state index in [1.54, 1.807) is 4.90 Å². The maximum Gasteiger partial charge on any atom is 0.416 e. The van der Waals surface area contributed by atoms with Gasteiger partial charge in [-0.25, -0.2) is 4.98 Å². The maximum atomic E-state index is 13.4. The molecular weight excluding hydrogens is 517 g/mol. The molecular formula is C26H23F3N6O4. The lowest BCUT2D eigenvalue weighted by Gasteiger charge is -2.35. The quantitative estimate of drug-likeness (QED) is 0.244. The number of piperazine rings is 1. The minimum Gasteiger partial charge on any atom is -0.352 e. The van der Waals surface area contributed by atoms with Crippen LogP contribution < -0.4 is 4.90 Å². The summed E-state index contributed by atoms with van der Waals surface area (Å²) in [5, 5.41) is 15.6. The molecule has 0 aliphatic carbocycles. The van der Waals surface area contributed by atoms with E-state index in [4.69, 9.17) is 9.51 Å². The Labute approximate surface area is 220 Å². The Morgan fingerprint density at radius 3 is 2.51 bits per heavy atom. The molecule has 1 fully saturated rings. The molecule has 0 unspecified atom stereocenters. The van der Waals surface area contributed by atoms with E-state index in [2.05, 4.69) is 10.1 Å². The van der Waals surface area contributed by atoms with E-state index in [0.717, 1.165) is 18.6 Å². The van der Waals surface area contributed by atoms with E-state index in [0.29, 0.717) is 49.6 Å². The summed E-state index contributed by atoms with van der Waals surface area (Å²) >= 11 is 0. The van der Waals surface area contributed by atoms with Crippen LogP contribution in [0.15, 0.2) is 53.1 Å². The second-order valence-electron chi connectivity index (χ2n) is 9.09. The topological polar surface area (TPSA) is 118 Å². The Morgan fingerprint density at radius 1 is 1.08 bits per heavy atom. The number of aromatic nitrogens is 3. The molecule has 1 aliphatic rings. The van der Waals surface area contributed by atoms with Crippen molar-refractivity contribution in [3.8, 4) is 11.3 Å². The number of carbonyl (C=O) groups is 1. The predicted octanol–water partition coefficient (Wildman–Crippen LogP) is 5.13. The molecule has 1 saturated heterocycles. The van der Waals surface area contributed by atoms with Gasteiger partial charge in [-0.2, -0.15) is 18.2 Å². The summed E-state index contributed by atoms with van der Waals surface area (Å²) in [5.74, 6) is 0.661. The van der Waals surface area contributed by atoms with Gasteiger partial charge in [0.05, 0.1) is 10.5 Å². The first kappa shape index (κ1) is 26.1. The molecule has 1 aliphatic heterocycles. The van der Waals surface area contributed by atoms with Crippen LogP contribution in [0.25, 0.3) is 22.4 Å². The van der Waals surface area contributed by atoms with Crippen molar-refractivity contribution >= 4 is 28.5 Å². The number of carbonyl (C=O) groups excluding carboxylic acids is 1. The Balaban J connectivity index is 1.46. The third-order valence-electron chi connectivity index (χ3n) is 6.47. The van der Waals surface area contributed by atoms with Crippen LogP contribution in [-0.4, -0.2) is 57.0 Å². The first-order valence-corrected chi connectivity index (χ1v) is 12.3. The van der Waals surface area contributed by atoms with Gasteiger partial charge in [0.25, 0.3) is 17.3 Å². The number of rotatable bonds is 6. The number of non-ortho nitro benzene ring substituents is 1. The second-order valence-corrected chi connectivity index (χ2v) is 9.09. The average Bonchev–Trinajstić information content (AvgIpc) is 3.36. The van der Waals surface area contributed by atoms with Gasteiger partial charge in [0.1, 0.15) is 22.7 Å². The molecule has 5 rings (SSSR count). The maximum absolute atomic E-state index is 13.4. The first-order valence-electron chi connectivity index (χ1n) is 12.3. The molecule has 10 nitrogen and oxygen atoms in total. The van der Waals surface area contributed by atoms with E-state index >= 15 is 0 Å². The molecule has 1 amide bonds. The number of nitro benzene ring substituents is 1. The summed E-state index contributed by atoms with van der Waals surface area (Å²) in [6.45, 7) is 3.32. The molecule has 0 saturated carbocycles. The molecule has 4 aromatic rings. The zero-order chi connectivity index (χ0) is 27.7. The number of amides is 1. The number of alkyl halides is 3. The van der Waals surface area contributed by atoms with Gasteiger partial charge in [0.15, 0.2) is 0 Å². The van der Waals surface area contributed by atoms with Crippen LogP contribution in [0.3, 0.4) is 0 Å². The smallest absolute Gasteiger partial charge is 0.352 e. The van der Waals surface area contributed by atoms with Gasteiger partial charge in [0.2, 0.25) is 0 Å². The van der Waals surface area contributed by atoms with Crippen LogP contribution in [0.1, 0.15) is 35.1 Å². The number of anilines is 1. The van der Waals surface area contributed by atoms with Gasteiger partial charge < -0.3 is 14.3 Å². The van der Waals surface area contributed by atoms with E-state index in [1.807, 2.05) is 11.8 Å². The van der Waals surface area contributed by atoms with Crippen molar-refractivity contribution in [2.45, 2.75) is 25.9 Å². The number of hydrogen-bond acceptors (Lipinski definition) is 8. The zero-order valence-corrected chi connectivity index (χ0v) is 20.8. The molecule has 0 spiro atoms. The fourth-order valence-corrected chi connectivity index (χ4v) is 4.54. The van der Waals surface area contributed by atoms with Gasteiger partial charge in [-0.05, 0) is 24.6 Å². The van der Waals surface area contributed by atoms with Crippen molar-refractivity contribution in [2.75, 3.05) is 31.1 Å². The lowest BCUT2D eigenvalue weighted by atomic mass is 10.1. The number of benzene rings is 2. The Kier molecular flexibility index (Phi) is 6.89. The van der Waals surface area contributed by atoms with Gasteiger partial charge >= 0.3 is 6.18 Å². The minimum absolute atomic E-state index is 0.166. The average molecular weight is 541 g/mol. The number of nitro groups is 1. The van der Waals surface area contributed by atoms with Crippen molar-refractivity contribution in [1.82, 2.24) is 20.0 Å². The van der Waals surface area contributed by atoms with E-state index in [1.165, 1.54) is 36.4 Å². The number of nitrogens with zero attached hydrogens (tertiary/aromatic N) is 6. The number of hydrogen-bond donors (Lipinski definition) is 0. The summed E-state index contributed by atoms with van der Waals surface area (Å²) in [5.41, 5.74) is -0.167. The Hall–Kier alpha value is -4.55. The first-order chi connectivity index (χ1) is 18.7. The Morgan fingerprint density at radius 2 is 1.82 bits per heavy atom. The van der Waals surface area contributed by atoms with Crippen LogP contribution in [0.2, 0.25) is 0 Å². The SMILES string of the molecule is CCCc1nc(N2CCN(C(=O)c3cccc([N+](=O)[O-])c3)CC2)c2c(-c3cccc(C(F)(F)F)c3)noc2n1. The molecule has 3 heterocycles. The highest BCUT2D eigenvalue weighted by atomic mass is 19.4. The summed E-state index contributed by atoms with van der Waals surface area (Å²) < 4.78 is 45.6. The van der Waals surface area contributed by atoms with Crippen molar-refractivity contribution in [3.63, 3.8) is 0 Å². The number of halogens is 3. The fourth-order valence-electron chi connectivity index (χ4n) is 4.54. The molecule has 2 aromatic carbocycles. The standard InChI is InChI=1S/C26H23F3N6O4/c1-2-5-20-30-23(21-22(32-39-24(21)31-20)16-6-3-8-18(14-16)26(27,28)29)33-10-12-34(13-11-33)25(36)17-7-4-9-19(15-17)35(37)38/h3-4,6-9,14-15H,2,5,10-13H2,1H3. The lowest BCUT2D eigenvalue weighted by Crippen LogP contribution is -2.49. The van der Waals surface area contributed by atoms with Gasteiger partial charge in [0, 0.05) is 55.9 Å². The molecule has 0 atom stereocenters. The number of aryl methyl sites for hydroxylation is 1. The monoisotopic (exact) mass is 540 g/mol. The van der Waals surface area contributed by atoms with Crippen molar-refractivity contribution in [3.05, 3.63) is 75.6 Å². The van der Waals surface area contributed by atoms with Crippen molar-refractivity contribution in [2.24, 2.45) is 0 Å². The molecule has 2 aromatic heterocycles. The predicted molar refractivity (Wildman–Crippen MR) is 135 cm³/mol. The molecule has 39 heavy (non-hydrogen) atoms. The highest BCUT2D eigenvalue weighted by Gasteiger charge is 2.32. The third kappa shape index (κ3) is 5.24. The lowest BCUT2D eigenvalue weighted by molar-refractivity contribution is -0.384. The largest absolute Gasteiger partial charge is 0.416 e. The van der Waals surface area contributed by atoms with Gasteiger partial charge in [-0.15, -0.1) is 0 Å². The van der Waals surface area contributed by atoms with E-state index in [9.17, 15) is 28.1 Å². The van der Waals surface area contributed by atoms with Crippen LogP contribution in [0.5, 0.6) is 0 Å². The summed E-state index contributed by atoms with van der Waals surface area (Å²) in [6.07, 6.45) is -3.19. The fraction of sp³-hybridized carbons (Fsp3) is 0.308. The highest BCUT2D eigenvalue weighted by molar-refractivity contribution is 5.98. The van der Waals surface area contributed by atoms with E-state index < -0.39 is 16.7 Å². The van der Waals surface area contributed by atoms with Crippen LogP contribution in [-0.2, 0) is 12.6 Å². The minimum atomic E-state index is -4.52. The molecule has 0 N–H and O–H groups in total. The molecule has 0 radical (unpaired) electrons. The number of fused-ring (bicyclic) bond motifs is 1. The van der Waals surface area contributed by atoms with Crippen molar-refractivity contribution in [1.29, 1.82) is 0 Å². The van der Waals surface area contributed by atoms with Gasteiger partial charge in [-0.1, -0.05) is 30.3 Å². The molecule has 0 bridgehead atoms. The Bertz CT molecular complexity index is 1550. The zero-order valence-electron chi connectivity index (χ0n) is 20.8. The van der Waals surface area contributed by atoms with Crippen LogP contribution in [0.4, 0.5) is 24.7 Å². The summed E-state index contributed by atoms with van der Waals surface area (Å²) in [6, 6.07) is 10.4. The normalized spacial score (nSPS) is 14.2.